The molecule has 0 aliphatic carbocycles. The fraction of sp³-hybridized carbons (Fsp3) is 0.318. The molecule has 1 atom stereocenters. The first-order valence-electron chi connectivity index (χ1n) is 9.75. The molecule has 3 rings (SSSR count). The third-order valence-electron chi connectivity index (χ3n) is 4.75. The SMILES string of the molecule is CCOc1ccc(NC(=O)CNC(=O)[C@@H]2CC(=O)N(c3ccc(OC)cc3)C2)cc1. The molecule has 0 aromatic heterocycles. The van der Waals surface area contributed by atoms with Gasteiger partial charge in [-0.1, -0.05) is 0 Å². The van der Waals surface area contributed by atoms with Crippen LogP contribution in [0.5, 0.6) is 11.5 Å². The molecule has 2 aromatic carbocycles. The van der Waals surface area contributed by atoms with Crippen molar-refractivity contribution >= 4 is 29.1 Å². The number of carbonyl (C=O) groups excluding carboxylic acids is 3. The molecule has 0 spiro atoms. The number of methoxy groups -OCH3 is 1. The topological polar surface area (TPSA) is 97.0 Å². The number of hydrogen-bond donors (Lipinski definition) is 2. The number of amides is 3. The molecule has 1 heterocycles. The summed E-state index contributed by atoms with van der Waals surface area (Å²) in [6, 6.07) is 14.1. The van der Waals surface area contributed by atoms with Crippen molar-refractivity contribution in [2.45, 2.75) is 13.3 Å². The first-order chi connectivity index (χ1) is 14.5. The van der Waals surface area contributed by atoms with Crippen molar-refractivity contribution in [1.29, 1.82) is 0 Å². The van der Waals surface area contributed by atoms with Crippen LogP contribution in [0, 0.1) is 5.92 Å². The summed E-state index contributed by atoms with van der Waals surface area (Å²) in [5.41, 5.74) is 1.32. The summed E-state index contributed by atoms with van der Waals surface area (Å²) >= 11 is 0. The Morgan fingerprint density at radius 3 is 2.37 bits per heavy atom. The van der Waals surface area contributed by atoms with Gasteiger partial charge in [0.1, 0.15) is 11.5 Å². The summed E-state index contributed by atoms with van der Waals surface area (Å²) < 4.78 is 10.5. The van der Waals surface area contributed by atoms with E-state index in [1.54, 1.807) is 60.5 Å². The Hall–Kier alpha value is -3.55. The van der Waals surface area contributed by atoms with Crippen LogP contribution in [0.25, 0.3) is 0 Å². The second-order valence-electron chi connectivity index (χ2n) is 6.83. The lowest BCUT2D eigenvalue weighted by Gasteiger charge is -2.17. The highest BCUT2D eigenvalue weighted by molar-refractivity contribution is 6.01. The van der Waals surface area contributed by atoms with E-state index in [4.69, 9.17) is 9.47 Å². The molecule has 1 aliphatic rings. The normalized spacial score (nSPS) is 15.6. The smallest absolute Gasteiger partial charge is 0.243 e. The summed E-state index contributed by atoms with van der Waals surface area (Å²) in [6.45, 7) is 2.57. The third-order valence-corrected chi connectivity index (χ3v) is 4.75. The minimum absolute atomic E-state index is 0.109. The Bertz CT molecular complexity index is 896. The Labute approximate surface area is 175 Å². The van der Waals surface area contributed by atoms with Crippen molar-refractivity contribution in [3.05, 3.63) is 48.5 Å². The molecule has 8 nitrogen and oxygen atoms in total. The van der Waals surface area contributed by atoms with E-state index in [1.807, 2.05) is 6.92 Å². The zero-order chi connectivity index (χ0) is 21.5. The van der Waals surface area contributed by atoms with Gasteiger partial charge in [-0.25, -0.2) is 0 Å². The average Bonchev–Trinajstić information content (AvgIpc) is 3.15. The minimum Gasteiger partial charge on any atom is -0.497 e. The summed E-state index contributed by atoms with van der Waals surface area (Å²) in [5, 5.41) is 5.33. The van der Waals surface area contributed by atoms with Gasteiger partial charge in [-0.3, -0.25) is 14.4 Å². The highest BCUT2D eigenvalue weighted by atomic mass is 16.5. The summed E-state index contributed by atoms with van der Waals surface area (Å²) in [4.78, 5) is 38.4. The number of nitrogens with zero attached hydrogens (tertiary/aromatic N) is 1. The molecule has 0 radical (unpaired) electrons. The molecular formula is C22H25N3O5. The Kier molecular flexibility index (Phi) is 6.90. The molecule has 158 valence electrons. The number of rotatable bonds is 8. The zero-order valence-electron chi connectivity index (χ0n) is 17.0. The van der Waals surface area contributed by atoms with Crippen molar-refractivity contribution in [2.75, 3.05) is 37.0 Å². The van der Waals surface area contributed by atoms with Crippen molar-refractivity contribution < 1.29 is 23.9 Å². The number of benzene rings is 2. The second kappa shape index (κ2) is 9.78. The van der Waals surface area contributed by atoms with Crippen LogP contribution < -0.4 is 25.0 Å². The Morgan fingerprint density at radius 2 is 1.73 bits per heavy atom. The maximum Gasteiger partial charge on any atom is 0.243 e. The Morgan fingerprint density at radius 1 is 1.07 bits per heavy atom. The number of anilines is 2. The van der Waals surface area contributed by atoms with E-state index in [0.29, 0.717) is 23.7 Å². The van der Waals surface area contributed by atoms with Gasteiger partial charge in [0.15, 0.2) is 0 Å². The van der Waals surface area contributed by atoms with Crippen LogP contribution in [0.15, 0.2) is 48.5 Å². The molecule has 2 aromatic rings. The van der Waals surface area contributed by atoms with E-state index in [2.05, 4.69) is 10.6 Å². The Balaban J connectivity index is 1.48. The molecule has 1 aliphatic heterocycles. The van der Waals surface area contributed by atoms with Crippen LogP contribution in [-0.4, -0.2) is 44.5 Å². The van der Waals surface area contributed by atoms with Gasteiger partial charge in [0.2, 0.25) is 17.7 Å². The van der Waals surface area contributed by atoms with Gasteiger partial charge in [-0.15, -0.1) is 0 Å². The van der Waals surface area contributed by atoms with E-state index in [9.17, 15) is 14.4 Å². The maximum absolute atomic E-state index is 12.4. The zero-order valence-corrected chi connectivity index (χ0v) is 17.0. The first kappa shape index (κ1) is 21.2. The van der Waals surface area contributed by atoms with Crippen LogP contribution >= 0.6 is 0 Å². The lowest BCUT2D eigenvalue weighted by Crippen LogP contribution is -2.37. The molecule has 0 bridgehead atoms. The van der Waals surface area contributed by atoms with Gasteiger partial charge in [-0.05, 0) is 55.5 Å². The number of hydrogen-bond acceptors (Lipinski definition) is 5. The van der Waals surface area contributed by atoms with E-state index in [-0.39, 0.29) is 37.2 Å². The quantitative estimate of drug-likeness (QED) is 0.694. The van der Waals surface area contributed by atoms with E-state index >= 15 is 0 Å². The van der Waals surface area contributed by atoms with Crippen LogP contribution in [0.2, 0.25) is 0 Å². The van der Waals surface area contributed by atoms with Crippen molar-refractivity contribution in [3.63, 3.8) is 0 Å². The highest BCUT2D eigenvalue weighted by Gasteiger charge is 2.35. The molecule has 1 fully saturated rings. The fourth-order valence-electron chi connectivity index (χ4n) is 3.21. The molecular weight excluding hydrogens is 386 g/mol. The third kappa shape index (κ3) is 5.28. The molecule has 8 heteroatoms. The van der Waals surface area contributed by atoms with Crippen LogP contribution in [-0.2, 0) is 14.4 Å². The monoisotopic (exact) mass is 411 g/mol. The highest BCUT2D eigenvalue weighted by Crippen LogP contribution is 2.26. The second-order valence-corrected chi connectivity index (χ2v) is 6.83. The largest absolute Gasteiger partial charge is 0.497 e. The van der Waals surface area contributed by atoms with Gasteiger partial charge < -0.3 is 25.0 Å². The molecule has 30 heavy (non-hydrogen) atoms. The van der Waals surface area contributed by atoms with Crippen molar-refractivity contribution in [2.24, 2.45) is 5.92 Å². The van der Waals surface area contributed by atoms with E-state index in [1.165, 1.54) is 0 Å². The van der Waals surface area contributed by atoms with Gasteiger partial charge >= 0.3 is 0 Å². The molecule has 0 saturated carbocycles. The summed E-state index contributed by atoms with van der Waals surface area (Å²) in [6.07, 6.45) is 0.109. The van der Waals surface area contributed by atoms with Crippen molar-refractivity contribution in [1.82, 2.24) is 5.32 Å². The predicted octanol–water partition coefficient (Wildman–Crippen LogP) is 2.20. The van der Waals surface area contributed by atoms with Crippen LogP contribution in [0.1, 0.15) is 13.3 Å². The van der Waals surface area contributed by atoms with Crippen LogP contribution in [0.3, 0.4) is 0 Å². The van der Waals surface area contributed by atoms with Gasteiger partial charge in [-0.2, -0.15) is 0 Å². The summed E-state index contributed by atoms with van der Waals surface area (Å²) in [5.74, 6) is 0.122. The van der Waals surface area contributed by atoms with Gasteiger partial charge in [0.05, 0.1) is 26.2 Å². The van der Waals surface area contributed by atoms with Crippen molar-refractivity contribution in [3.8, 4) is 11.5 Å². The maximum atomic E-state index is 12.4. The molecule has 3 amide bonds. The average molecular weight is 411 g/mol. The fourth-order valence-corrected chi connectivity index (χ4v) is 3.21. The minimum atomic E-state index is -0.502. The van der Waals surface area contributed by atoms with Gasteiger partial charge in [0, 0.05) is 24.3 Å². The van der Waals surface area contributed by atoms with E-state index < -0.39 is 5.92 Å². The predicted molar refractivity (Wildman–Crippen MR) is 113 cm³/mol. The number of ether oxygens (including phenoxy) is 2. The van der Waals surface area contributed by atoms with E-state index in [0.717, 1.165) is 5.75 Å². The summed E-state index contributed by atoms with van der Waals surface area (Å²) in [7, 11) is 1.57. The molecule has 2 N–H and O–H groups in total. The number of carbonyl (C=O) groups is 3. The molecule has 0 unspecified atom stereocenters. The molecule has 1 saturated heterocycles. The van der Waals surface area contributed by atoms with Gasteiger partial charge in [0.25, 0.3) is 0 Å². The lowest BCUT2D eigenvalue weighted by molar-refractivity contribution is -0.127. The standard InChI is InChI=1S/C22H25N3O5/c1-3-30-19-8-4-16(5-9-19)24-20(26)13-23-22(28)15-12-21(27)25(14-15)17-6-10-18(29-2)11-7-17/h4-11,15H,3,12-14H2,1-2H3,(H,23,28)(H,24,26)/t15-/m1/s1. The first-order valence-corrected chi connectivity index (χ1v) is 9.75. The lowest BCUT2D eigenvalue weighted by atomic mass is 10.1. The number of nitrogens with one attached hydrogen (secondary N) is 2. The van der Waals surface area contributed by atoms with Crippen LogP contribution in [0.4, 0.5) is 11.4 Å².